The molecule has 2 aromatic carbocycles. The number of aryl methyl sites for hydroxylation is 1. The van der Waals surface area contributed by atoms with Crippen LogP contribution in [0.15, 0.2) is 30.3 Å². The van der Waals surface area contributed by atoms with Crippen LogP contribution < -0.4 is 4.74 Å². The Balaban J connectivity index is 1.25. The quantitative estimate of drug-likeness (QED) is 0.372. The fourth-order valence-electron chi connectivity index (χ4n) is 5.63. The SMILES string of the molecule is COC(=O)[C@@H]1C[C@@H](F)CN1C(=O)c1cc(C2CC2)c(OCC2(F)CCN(Cc3cc(C)ccc3Cl)CC2)cc1F. The van der Waals surface area contributed by atoms with Crippen molar-refractivity contribution in [1.82, 2.24) is 9.80 Å². The van der Waals surface area contributed by atoms with Crippen molar-refractivity contribution >= 4 is 23.5 Å². The first kappa shape index (κ1) is 28.7. The van der Waals surface area contributed by atoms with Gasteiger partial charge in [-0.05, 0) is 61.8 Å². The van der Waals surface area contributed by atoms with Gasteiger partial charge in [0, 0.05) is 37.1 Å². The van der Waals surface area contributed by atoms with Crippen molar-refractivity contribution < 1.29 is 32.2 Å². The van der Waals surface area contributed by atoms with Crippen LogP contribution in [0.1, 0.15) is 65.1 Å². The molecule has 0 spiro atoms. The Labute approximate surface area is 237 Å². The number of amides is 1. The van der Waals surface area contributed by atoms with Crippen molar-refractivity contribution in [3.63, 3.8) is 0 Å². The van der Waals surface area contributed by atoms with Crippen LogP contribution in [0.25, 0.3) is 0 Å². The Morgan fingerprint density at radius 3 is 2.55 bits per heavy atom. The summed E-state index contributed by atoms with van der Waals surface area (Å²) in [4.78, 5) is 28.5. The molecule has 5 rings (SSSR count). The first-order valence-electron chi connectivity index (χ1n) is 13.7. The summed E-state index contributed by atoms with van der Waals surface area (Å²) < 4.78 is 55.7. The van der Waals surface area contributed by atoms with E-state index >= 15 is 8.78 Å². The molecule has 0 aromatic heterocycles. The molecule has 1 amide bonds. The van der Waals surface area contributed by atoms with Gasteiger partial charge in [0.25, 0.3) is 5.91 Å². The predicted molar refractivity (Wildman–Crippen MR) is 145 cm³/mol. The molecule has 2 atom stereocenters. The van der Waals surface area contributed by atoms with Gasteiger partial charge in [0.1, 0.15) is 36.1 Å². The fraction of sp³-hybridized carbons (Fsp3) is 0.533. The third kappa shape index (κ3) is 6.25. The average molecular weight is 579 g/mol. The molecule has 2 aliphatic heterocycles. The number of hydrogen-bond donors (Lipinski definition) is 0. The van der Waals surface area contributed by atoms with E-state index in [9.17, 15) is 14.0 Å². The third-order valence-corrected chi connectivity index (χ3v) is 8.53. The number of esters is 1. The number of nitrogens with zero attached hydrogens (tertiary/aromatic N) is 2. The van der Waals surface area contributed by atoms with E-state index in [1.54, 1.807) is 0 Å². The number of alkyl halides is 2. The number of benzene rings is 2. The van der Waals surface area contributed by atoms with Gasteiger partial charge in [-0.1, -0.05) is 29.3 Å². The second kappa shape index (κ2) is 11.6. The van der Waals surface area contributed by atoms with E-state index in [1.807, 2.05) is 25.1 Å². The Hall–Kier alpha value is -2.78. The number of likely N-dealkylation sites (tertiary alicyclic amines) is 2. The van der Waals surface area contributed by atoms with Gasteiger partial charge in [-0.2, -0.15) is 0 Å². The Morgan fingerprint density at radius 1 is 1.15 bits per heavy atom. The largest absolute Gasteiger partial charge is 0.490 e. The van der Waals surface area contributed by atoms with Gasteiger partial charge < -0.3 is 14.4 Å². The highest BCUT2D eigenvalue weighted by molar-refractivity contribution is 6.31. The molecule has 0 radical (unpaired) electrons. The molecule has 0 unspecified atom stereocenters. The average Bonchev–Trinajstić information content (AvgIpc) is 3.70. The number of carbonyl (C=O) groups excluding carboxylic acids is 2. The maximum Gasteiger partial charge on any atom is 0.328 e. The molecule has 10 heteroatoms. The number of hydrogen-bond acceptors (Lipinski definition) is 5. The standard InChI is InChI=1S/C30H34ClF3N2O4/c1-18-3-6-24(31)20(11-18)15-35-9-7-30(34,8-10-35)17-40-27-14-25(33)23(13-22(27)19-4-5-19)28(37)36-16-21(32)12-26(36)29(38)39-2/h3,6,11,13-14,19,21,26H,4-5,7-10,12,15-17H2,1-2H3/t21-,26+/m1/s1. The first-order chi connectivity index (χ1) is 19.1. The lowest BCUT2D eigenvalue weighted by Crippen LogP contribution is -2.44. The number of halogens is 4. The predicted octanol–water partition coefficient (Wildman–Crippen LogP) is 5.77. The Morgan fingerprint density at radius 2 is 1.88 bits per heavy atom. The molecule has 1 aliphatic carbocycles. The van der Waals surface area contributed by atoms with Crippen LogP contribution >= 0.6 is 11.6 Å². The van der Waals surface area contributed by atoms with Crippen LogP contribution in [0, 0.1) is 12.7 Å². The smallest absolute Gasteiger partial charge is 0.328 e. The van der Waals surface area contributed by atoms with Crippen molar-refractivity contribution in [3.8, 4) is 5.75 Å². The third-order valence-electron chi connectivity index (χ3n) is 8.16. The maximum atomic E-state index is 15.8. The number of carbonyl (C=O) groups is 2. The summed E-state index contributed by atoms with van der Waals surface area (Å²) in [5, 5.41) is 0.692. The summed E-state index contributed by atoms with van der Waals surface area (Å²) in [5.41, 5.74) is 0.933. The van der Waals surface area contributed by atoms with Gasteiger partial charge in [-0.25, -0.2) is 18.0 Å². The zero-order valence-corrected chi connectivity index (χ0v) is 23.5. The van der Waals surface area contributed by atoms with Crippen LogP contribution in [0.4, 0.5) is 13.2 Å². The summed E-state index contributed by atoms with van der Waals surface area (Å²) in [6.07, 6.45) is 0.625. The van der Waals surface area contributed by atoms with Gasteiger partial charge >= 0.3 is 5.97 Å². The fourth-order valence-corrected chi connectivity index (χ4v) is 5.80. The molecular formula is C30H34ClF3N2O4. The van der Waals surface area contributed by atoms with E-state index in [0.717, 1.165) is 42.0 Å². The molecule has 3 fully saturated rings. The minimum absolute atomic E-state index is 0.0718. The van der Waals surface area contributed by atoms with Crippen LogP contribution in [0.2, 0.25) is 5.02 Å². The van der Waals surface area contributed by atoms with Crippen LogP contribution in [-0.2, 0) is 16.1 Å². The van der Waals surface area contributed by atoms with E-state index in [2.05, 4.69) is 4.90 Å². The highest BCUT2D eigenvalue weighted by atomic mass is 35.5. The van der Waals surface area contributed by atoms with Gasteiger partial charge in [-0.3, -0.25) is 9.69 Å². The van der Waals surface area contributed by atoms with Gasteiger partial charge in [0.15, 0.2) is 0 Å². The molecular weight excluding hydrogens is 545 g/mol. The highest BCUT2D eigenvalue weighted by Crippen LogP contribution is 2.46. The lowest BCUT2D eigenvalue weighted by Gasteiger charge is -2.36. The normalized spacial score (nSPS) is 22.8. The summed E-state index contributed by atoms with van der Waals surface area (Å²) >= 11 is 6.34. The van der Waals surface area contributed by atoms with Crippen LogP contribution in [0.3, 0.4) is 0 Å². The molecule has 6 nitrogen and oxygen atoms in total. The van der Waals surface area contributed by atoms with E-state index < -0.39 is 35.6 Å². The molecule has 40 heavy (non-hydrogen) atoms. The maximum absolute atomic E-state index is 15.8. The Bertz CT molecular complexity index is 1280. The summed E-state index contributed by atoms with van der Waals surface area (Å²) in [7, 11) is 1.16. The van der Waals surface area contributed by atoms with Gasteiger partial charge in [-0.15, -0.1) is 0 Å². The number of piperidine rings is 1. The van der Waals surface area contributed by atoms with Crippen molar-refractivity contribution in [2.75, 3.05) is 33.4 Å². The topological polar surface area (TPSA) is 59.1 Å². The lowest BCUT2D eigenvalue weighted by atomic mass is 9.93. The molecule has 3 aliphatic rings. The van der Waals surface area contributed by atoms with Crippen molar-refractivity contribution in [3.05, 3.63) is 63.4 Å². The van der Waals surface area contributed by atoms with Crippen molar-refractivity contribution in [1.29, 1.82) is 0 Å². The minimum atomic E-state index is -1.57. The summed E-state index contributed by atoms with van der Waals surface area (Å²) in [6, 6.07) is 7.31. The number of ether oxygens (including phenoxy) is 2. The zero-order valence-electron chi connectivity index (χ0n) is 22.7. The van der Waals surface area contributed by atoms with E-state index in [1.165, 1.54) is 6.07 Å². The molecule has 2 aromatic rings. The van der Waals surface area contributed by atoms with Crippen molar-refractivity contribution in [2.24, 2.45) is 0 Å². The number of rotatable bonds is 8. The van der Waals surface area contributed by atoms with E-state index in [4.69, 9.17) is 21.1 Å². The second-order valence-electron chi connectivity index (χ2n) is 11.3. The van der Waals surface area contributed by atoms with Crippen molar-refractivity contribution in [2.45, 2.75) is 69.4 Å². The first-order valence-corrected chi connectivity index (χ1v) is 14.1. The highest BCUT2D eigenvalue weighted by Gasteiger charge is 2.42. The molecule has 0 N–H and O–H groups in total. The van der Waals surface area contributed by atoms with Gasteiger partial charge in [0.2, 0.25) is 0 Å². The summed E-state index contributed by atoms with van der Waals surface area (Å²) in [6.45, 7) is 3.18. The lowest BCUT2D eigenvalue weighted by molar-refractivity contribution is -0.145. The Kier molecular flexibility index (Phi) is 8.34. The molecule has 0 bridgehead atoms. The monoisotopic (exact) mass is 578 g/mol. The molecule has 2 heterocycles. The zero-order chi connectivity index (χ0) is 28.6. The van der Waals surface area contributed by atoms with Gasteiger partial charge in [0.05, 0.1) is 19.2 Å². The molecule has 2 saturated heterocycles. The number of methoxy groups -OCH3 is 1. The molecule has 1 saturated carbocycles. The molecule has 216 valence electrons. The van der Waals surface area contributed by atoms with Crippen LogP contribution in [0.5, 0.6) is 5.75 Å². The van der Waals surface area contributed by atoms with E-state index in [0.29, 0.717) is 30.2 Å². The van der Waals surface area contributed by atoms with E-state index in [-0.39, 0.29) is 49.6 Å². The minimum Gasteiger partial charge on any atom is -0.490 e. The second-order valence-corrected chi connectivity index (χ2v) is 11.7. The van der Waals surface area contributed by atoms with Crippen LogP contribution in [-0.4, -0.2) is 72.9 Å². The summed E-state index contributed by atoms with van der Waals surface area (Å²) in [5.74, 6) is -2.07.